The lowest BCUT2D eigenvalue weighted by atomic mass is 10.1. The number of hydrogen-bond acceptors (Lipinski definition) is 2. The highest BCUT2D eigenvalue weighted by atomic mass is 16.2. The zero-order valence-corrected chi connectivity index (χ0v) is 10.6. The van der Waals surface area contributed by atoms with E-state index in [9.17, 15) is 4.79 Å². The molecular formula is C14H20N2O. The van der Waals surface area contributed by atoms with Crippen LogP contribution in [0.25, 0.3) is 0 Å². The molecule has 1 unspecified atom stereocenters. The topological polar surface area (TPSA) is 32.3 Å². The van der Waals surface area contributed by atoms with Gasteiger partial charge in [0.25, 0.3) is 5.91 Å². The Morgan fingerprint density at radius 3 is 2.71 bits per heavy atom. The van der Waals surface area contributed by atoms with Crippen LogP contribution in [0.4, 0.5) is 0 Å². The Bertz CT molecular complexity index is 386. The third kappa shape index (κ3) is 2.86. The van der Waals surface area contributed by atoms with Gasteiger partial charge in [-0.25, -0.2) is 0 Å². The summed E-state index contributed by atoms with van der Waals surface area (Å²) in [6.45, 7) is 6.85. The Kier molecular flexibility index (Phi) is 3.79. The fourth-order valence-corrected chi connectivity index (χ4v) is 2.18. The van der Waals surface area contributed by atoms with Crippen molar-refractivity contribution in [3.8, 4) is 0 Å². The molecule has 0 aromatic heterocycles. The van der Waals surface area contributed by atoms with Gasteiger partial charge >= 0.3 is 0 Å². The third-order valence-corrected chi connectivity index (χ3v) is 3.36. The molecule has 1 heterocycles. The van der Waals surface area contributed by atoms with Crippen molar-refractivity contribution in [2.24, 2.45) is 0 Å². The smallest absolute Gasteiger partial charge is 0.254 e. The van der Waals surface area contributed by atoms with Gasteiger partial charge in [-0.2, -0.15) is 0 Å². The SMILES string of the molecule is Cc1ccc(C(=O)N2CCNCCC2C)cc1. The minimum Gasteiger partial charge on any atom is -0.335 e. The predicted octanol–water partition coefficient (Wildman–Crippen LogP) is 1.82. The Morgan fingerprint density at radius 1 is 1.29 bits per heavy atom. The Morgan fingerprint density at radius 2 is 2.00 bits per heavy atom. The van der Waals surface area contributed by atoms with Crippen molar-refractivity contribution in [1.29, 1.82) is 0 Å². The van der Waals surface area contributed by atoms with Crippen LogP contribution in [0.2, 0.25) is 0 Å². The average Bonchev–Trinajstić information content (AvgIpc) is 2.54. The maximum Gasteiger partial charge on any atom is 0.254 e. The summed E-state index contributed by atoms with van der Waals surface area (Å²) in [5, 5.41) is 3.33. The molecule has 0 spiro atoms. The zero-order chi connectivity index (χ0) is 12.3. The van der Waals surface area contributed by atoms with E-state index in [4.69, 9.17) is 0 Å². The molecule has 1 amide bonds. The maximum absolute atomic E-state index is 12.4. The molecule has 1 saturated heterocycles. The van der Waals surface area contributed by atoms with Gasteiger partial charge in [0.1, 0.15) is 0 Å². The average molecular weight is 232 g/mol. The lowest BCUT2D eigenvalue weighted by molar-refractivity contribution is 0.0704. The van der Waals surface area contributed by atoms with E-state index in [0.717, 1.165) is 31.6 Å². The van der Waals surface area contributed by atoms with E-state index >= 15 is 0 Å². The molecule has 1 aromatic rings. The Labute approximate surface area is 103 Å². The molecule has 3 heteroatoms. The molecule has 1 N–H and O–H groups in total. The molecule has 0 aliphatic carbocycles. The number of nitrogens with zero attached hydrogens (tertiary/aromatic N) is 1. The molecule has 1 atom stereocenters. The number of hydrogen-bond donors (Lipinski definition) is 1. The number of rotatable bonds is 1. The molecule has 92 valence electrons. The van der Waals surface area contributed by atoms with Gasteiger partial charge in [0.2, 0.25) is 0 Å². The van der Waals surface area contributed by atoms with E-state index in [1.807, 2.05) is 36.1 Å². The van der Waals surface area contributed by atoms with Crippen LogP contribution in [0.15, 0.2) is 24.3 Å². The zero-order valence-electron chi connectivity index (χ0n) is 10.6. The van der Waals surface area contributed by atoms with Crippen molar-refractivity contribution in [2.45, 2.75) is 26.3 Å². The van der Waals surface area contributed by atoms with Crippen molar-refractivity contribution in [3.05, 3.63) is 35.4 Å². The fraction of sp³-hybridized carbons (Fsp3) is 0.500. The third-order valence-electron chi connectivity index (χ3n) is 3.36. The second kappa shape index (κ2) is 5.32. The fourth-order valence-electron chi connectivity index (χ4n) is 2.18. The summed E-state index contributed by atoms with van der Waals surface area (Å²) in [4.78, 5) is 14.3. The second-order valence-electron chi connectivity index (χ2n) is 4.75. The molecular weight excluding hydrogens is 212 g/mol. The summed E-state index contributed by atoms with van der Waals surface area (Å²) >= 11 is 0. The quantitative estimate of drug-likeness (QED) is 0.801. The van der Waals surface area contributed by atoms with E-state index in [0.29, 0.717) is 6.04 Å². The number of nitrogens with one attached hydrogen (secondary N) is 1. The van der Waals surface area contributed by atoms with Gasteiger partial charge in [-0.3, -0.25) is 4.79 Å². The standard InChI is InChI=1S/C14H20N2O/c1-11-3-5-13(6-4-11)14(17)16-10-9-15-8-7-12(16)2/h3-6,12,15H,7-10H2,1-2H3. The highest BCUT2D eigenvalue weighted by molar-refractivity contribution is 5.94. The molecule has 1 aliphatic heterocycles. The van der Waals surface area contributed by atoms with Gasteiger partial charge in [-0.15, -0.1) is 0 Å². The number of amides is 1. The molecule has 17 heavy (non-hydrogen) atoms. The van der Waals surface area contributed by atoms with E-state index in [1.165, 1.54) is 5.56 Å². The summed E-state index contributed by atoms with van der Waals surface area (Å²) in [5.41, 5.74) is 1.98. The number of carbonyl (C=O) groups excluding carboxylic acids is 1. The lowest BCUT2D eigenvalue weighted by Crippen LogP contribution is -2.39. The van der Waals surface area contributed by atoms with Crippen LogP contribution in [-0.2, 0) is 0 Å². The number of aryl methyl sites for hydroxylation is 1. The van der Waals surface area contributed by atoms with Gasteiger partial charge < -0.3 is 10.2 Å². The highest BCUT2D eigenvalue weighted by Gasteiger charge is 2.22. The first kappa shape index (κ1) is 12.1. The first-order chi connectivity index (χ1) is 8.18. The number of benzene rings is 1. The van der Waals surface area contributed by atoms with Gasteiger partial charge in [-0.05, 0) is 38.9 Å². The van der Waals surface area contributed by atoms with E-state index in [1.54, 1.807) is 0 Å². The number of carbonyl (C=O) groups is 1. The molecule has 1 aromatic carbocycles. The van der Waals surface area contributed by atoms with E-state index < -0.39 is 0 Å². The molecule has 0 saturated carbocycles. The van der Waals surface area contributed by atoms with E-state index in [-0.39, 0.29) is 5.91 Å². The maximum atomic E-state index is 12.4. The van der Waals surface area contributed by atoms with Crippen LogP contribution < -0.4 is 5.32 Å². The minimum absolute atomic E-state index is 0.154. The lowest BCUT2D eigenvalue weighted by Gasteiger charge is -2.26. The molecule has 1 aliphatic rings. The van der Waals surface area contributed by atoms with Gasteiger partial charge in [-0.1, -0.05) is 17.7 Å². The van der Waals surface area contributed by atoms with Crippen LogP contribution >= 0.6 is 0 Å². The highest BCUT2D eigenvalue weighted by Crippen LogP contribution is 2.12. The molecule has 0 bridgehead atoms. The van der Waals surface area contributed by atoms with Crippen LogP contribution in [0.5, 0.6) is 0 Å². The van der Waals surface area contributed by atoms with Crippen LogP contribution in [0, 0.1) is 6.92 Å². The van der Waals surface area contributed by atoms with Crippen molar-refractivity contribution < 1.29 is 4.79 Å². The van der Waals surface area contributed by atoms with Gasteiger partial charge in [0.15, 0.2) is 0 Å². The summed E-state index contributed by atoms with van der Waals surface area (Å²) < 4.78 is 0. The molecule has 1 fully saturated rings. The Hall–Kier alpha value is -1.35. The van der Waals surface area contributed by atoms with E-state index in [2.05, 4.69) is 12.2 Å². The molecule has 3 nitrogen and oxygen atoms in total. The molecule has 0 radical (unpaired) electrons. The largest absolute Gasteiger partial charge is 0.335 e. The molecule has 2 rings (SSSR count). The Balaban J connectivity index is 2.15. The second-order valence-corrected chi connectivity index (χ2v) is 4.75. The predicted molar refractivity (Wildman–Crippen MR) is 69.2 cm³/mol. The summed E-state index contributed by atoms with van der Waals surface area (Å²) in [5.74, 6) is 0.154. The van der Waals surface area contributed by atoms with Gasteiger partial charge in [0, 0.05) is 24.7 Å². The summed E-state index contributed by atoms with van der Waals surface area (Å²) in [6.07, 6.45) is 1.03. The van der Waals surface area contributed by atoms with Crippen LogP contribution in [-0.4, -0.2) is 36.5 Å². The summed E-state index contributed by atoms with van der Waals surface area (Å²) in [6, 6.07) is 8.15. The normalized spacial score (nSPS) is 21.1. The first-order valence-corrected chi connectivity index (χ1v) is 6.27. The first-order valence-electron chi connectivity index (χ1n) is 6.27. The van der Waals surface area contributed by atoms with Crippen molar-refractivity contribution >= 4 is 5.91 Å². The van der Waals surface area contributed by atoms with Crippen LogP contribution in [0.3, 0.4) is 0 Å². The van der Waals surface area contributed by atoms with Crippen molar-refractivity contribution in [1.82, 2.24) is 10.2 Å². The van der Waals surface area contributed by atoms with Crippen molar-refractivity contribution in [3.63, 3.8) is 0 Å². The van der Waals surface area contributed by atoms with Gasteiger partial charge in [0.05, 0.1) is 0 Å². The monoisotopic (exact) mass is 232 g/mol. The van der Waals surface area contributed by atoms with Crippen LogP contribution in [0.1, 0.15) is 29.3 Å². The van der Waals surface area contributed by atoms with Crippen molar-refractivity contribution in [2.75, 3.05) is 19.6 Å². The minimum atomic E-state index is 0.154. The summed E-state index contributed by atoms with van der Waals surface area (Å²) in [7, 11) is 0.